The van der Waals surface area contributed by atoms with E-state index in [1.54, 1.807) is 0 Å². The van der Waals surface area contributed by atoms with Crippen LogP contribution in [-0.2, 0) is 0 Å². The Labute approximate surface area is 212 Å². The molecule has 0 amide bonds. The average Bonchev–Trinajstić information content (AvgIpc) is 3.19. The summed E-state index contributed by atoms with van der Waals surface area (Å²) in [7, 11) is 3.89. The van der Waals surface area contributed by atoms with Crippen LogP contribution in [-0.4, -0.2) is 29.0 Å². The second-order valence-corrected chi connectivity index (χ2v) is 8.64. The van der Waals surface area contributed by atoms with Crippen molar-refractivity contribution in [1.82, 2.24) is 15.0 Å². The van der Waals surface area contributed by atoms with E-state index in [2.05, 4.69) is 72.2 Å². The van der Waals surface area contributed by atoms with Crippen LogP contribution < -0.4 is 10.6 Å². The zero-order valence-electron chi connectivity index (χ0n) is 20.8. The van der Waals surface area contributed by atoms with Crippen LogP contribution in [0, 0.1) is 6.92 Å². The minimum atomic E-state index is 0.671. The monoisotopic (exact) mass is 471 g/mol. The van der Waals surface area contributed by atoms with E-state index >= 15 is 0 Å². The molecule has 36 heavy (non-hydrogen) atoms. The molecule has 4 aromatic rings. The summed E-state index contributed by atoms with van der Waals surface area (Å²) in [5.41, 5.74) is 8.55. The normalized spacial score (nSPS) is 13.0. The highest BCUT2D eigenvalue weighted by Crippen LogP contribution is 2.32. The highest BCUT2D eigenvalue weighted by molar-refractivity contribution is 5.88. The van der Waals surface area contributed by atoms with Gasteiger partial charge in [-0.05, 0) is 42.7 Å². The fraction of sp³-hybridized carbons (Fsp3) is 0.129. The minimum absolute atomic E-state index is 0.671. The van der Waals surface area contributed by atoms with Crippen LogP contribution in [0.4, 0.5) is 11.4 Å². The molecule has 0 unspecified atom stereocenters. The van der Waals surface area contributed by atoms with Crippen LogP contribution >= 0.6 is 0 Å². The largest absolute Gasteiger partial charge is 0.388 e. The van der Waals surface area contributed by atoms with E-state index in [9.17, 15) is 0 Å². The van der Waals surface area contributed by atoms with E-state index in [-0.39, 0.29) is 0 Å². The lowest BCUT2D eigenvalue weighted by molar-refractivity contribution is 1.03. The van der Waals surface area contributed by atoms with E-state index in [1.165, 1.54) is 0 Å². The van der Waals surface area contributed by atoms with Gasteiger partial charge >= 0.3 is 0 Å². The van der Waals surface area contributed by atoms with Crippen LogP contribution in [0.2, 0.25) is 0 Å². The molecule has 0 saturated heterocycles. The Morgan fingerprint density at radius 3 is 2.11 bits per heavy atom. The first kappa shape index (κ1) is 23.2. The molecular formula is C31H29N5. The van der Waals surface area contributed by atoms with E-state index in [4.69, 9.17) is 15.0 Å². The summed E-state index contributed by atoms with van der Waals surface area (Å²) in [4.78, 5) is 14.7. The smallest absolute Gasteiger partial charge is 0.164 e. The highest BCUT2D eigenvalue weighted by atomic mass is 15.0. The van der Waals surface area contributed by atoms with E-state index < -0.39 is 0 Å². The molecule has 0 radical (unpaired) electrons. The molecule has 0 spiro atoms. The van der Waals surface area contributed by atoms with Gasteiger partial charge in [-0.15, -0.1) is 0 Å². The van der Waals surface area contributed by atoms with Crippen molar-refractivity contribution in [2.75, 3.05) is 24.7 Å². The van der Waals surface area contributed by atoms with Crippen LogP contribution in [0.25, 0.3) is 33.9 Å². The molecule has 1 heterocycles. The number of anilines is 2. The Hall–Kier alpha value is -4.51. The number of allylic oxidation sites excluding steroid dienone is 6. The second-order valence-electron chi connectivity index (χ2n) is 8.64. The summed E-state index contributed by atoms with van der Waals surface area (Å²) < 4.78 is 0. The molecule has 1 aliphatic rings. The van der Waals surface area contributed by atoms with Crippen molar-refractivity contribution in [2.45, 2.75) is 13.3 Å². The predicted molar refractivity (Wildman–Crippen MR) is 151 cm³/mol. The second kappa shape index (κ2) is 10.4. The van der Waals surface area contributed by atoms with Gasteiger partial charge in [-0.1, -0.05) is 78.9 Å². The van der Waals surface area contributed by atoms with Gasteiger partial charge in [0.2, 0.25) is 0 Å². The topological polar surface area (TPSA) is 62.7 Å². The summed E-state index contributed by atoms with van der Waals surface area (Å²) in [6.07, 6.45) is 9.44. The van der Waals surface area contributed by atoms with Crippen molar-refractivity contribution in [3.05, 3.63) is 114 Å². The molecule has 0 atom stereocenters. The van der Waals surface area contributed by atoms with Gasteiger partial charge in [-0.25, -0.2) is 15.0 Å². The summed E-state index contributed by atoms with van der Waals surface area (Å²) in [5.74, 6) is 2.03. The molecule has 2 N–H and O–H groups in total. The summed E-state index contributed by atoms with van der Waals surface area (Å²) in [5, 5.41) is 6.55. The number of nitrogens with one attached hydrogen (secondary N) is 2. The lowest BCUT2D eigenvalue weighted by atomic mass is 10.0. The number of benzene rings is 3. The third-order valence-corrected chi connectivity index (χ3v) is 6.32. The molecule has 5 heteroatoms. The first-order chi connectivity index (χ1) is 17.7. The molecule has 0 bridgehead atoms. The van der Waals surface area contributed by atoms with Gasteiger partial charge in [0.25, 0.3) is 0 Å². The SMILES string of the molecule is CNc1ccc(NC)c(C2=CCC=C(c3nc(-c4ccccc4)nc(-c4ccccc4C)n3)C=C2)c1. The van der Waals surface area contributed by atoms with Crippen LogP contribution in [0.15, 0.2) is 97.1 Å². The Morgan fingerprint density at radius 1 is 0.639 bits per heavy atom. The third-order valence-electron chi connectivity index (χ3n) is 6.32. The summed E-state index contributed by atoms with van der Waals surface area (Å²) in [6, 6.07) is 24.6. The number of rotatable bonds is 6. The maximum Gasteiger partial charge on any atom is 0.164 e. The predicted octanol–water partition coefficient (Wildman–Crippen LogP) is 7.02. The van der Waals surface area contributed by atoms with Gasteiger partial charge in [0.1, 0.15) is 0 Å². The molecule has 178 valence electrons. The fourth-order valence-corrected chi connectivity index (χ4v) is 4.32. The van der Waals surface area contributed by atoms with Crippen molar-refractivity contribution >= 4 is 22.5 Å². The van der Waals surface area contributed by atoms with E-state index in [0.29, 0.717) is 17.5 Å². The Bertz CT molecular complexity index is 1480. The van der Waals surface area contributed by atoms with Crippen molar-refractivity contribution < 1.29 is 0 Å². The molecule has 0 fully saturated rings. The number of hydrogen-bond donors (Lipinski definition) is 2. The van der Waals surface area contributed by atoms with Crippen molar-refractivity contribution in [2.24, 2.45) is 0 Å². The number of aromatic nitrogens is 3. The molecule has 0 saturated carbocycles. The molecule has 5 nitrogen and oxygen atoms in total. The molecule has 3 aromatic carbocycles. The van der Waals surface area contributed by atoms with Gasteiger partial charge in [0, 0.05) is 47.7 Å². The Kier molecular flexibility index (Phi) is 6.72. The lowest BCUT2D eigenvalue weighted by Gasteiger charge is -2.12. The molecule has 0 aliphatic heterocycles. The van der Waals surface area contributed by atoms with Gasteiger partial charge in [-0.3, -0.25) is 0 Å². The standard InChI is InChI=1S/C31H29N5/c1-21-10-7-8-15-26(21)31-35-29(23-11-5-4-6-12-23)34-30(36-31)24-14-9-13-22(16-17-24)27-20-25(32-2)18-19-28(27)33-3/h4-8,10-20,32-33H,9H2,1-3H3. The van der Waals surface area contributed by atoms with Gasteiger partial charge in [0.05, 0.1) is 0 Å². The lowest BCUT2D eigenvalue weighted by Crippen LogP contribution is -2.03. The minimum Gasteiger partial charge on any atom is -0.388 e. The summed E-state index contributed by atoms with van der Waals surface area (Å²) >= 11 is 0. The van der Waals surface area contributed by atoms with Crippen molar-refractivity contribution in [1.29, 1.82) is 0 Å². The third kappa shape index (κ3) is 4.82. The van der Waals surface area contributed by atoms with Gasteiger partial charge in [0.15, 0.2) is 17.5 Å². The molecule has 1 aromatic heterocycles. The summed E-state index contributed by atoms with van der Waals surface area (Å²) in [6.45, 7) is 2.08. The molecule has 5 rings (SSSR count). The fourth-order valence-electron chi connectivity index (χ4n) is 4.32. The van der Waals surface area contributed by atoms with Crippen molar-refractivity contribution in [3.8, 4) is 22.8 Å². The average molecular weight is 472 g/mol. The highest BCUT2D eigenvalue weighted by Gasteiger charge is 2.15. The zero-order chi connectivity index (χ0) is 24.9. The maximum absolute atomic E-state index is 4.93. The van der Waals surface area contributed by atoms with Gasteiger partial charge < -0.3 is 10.6 Å². The van der Waals surface area contributed by atoms with E-state index in [0.717, 1.165) is 51.2 Å². The molecular weight excluding hydrogens is 442 g/mol. The first-order valence-electron chi connectivity index (χ1n) is 12.1. The zero-order valence-corrected chi connectivity index (χ0v) is 20.8. The van der Waals surface area contributed by atoms with Crippen LogP contribution in [0.3, 0.4) is 0 Å². The van der Waals surface area contributed by atoms with Crippen LogP contribution in [0.5, 0.6) is 0 Å². The van der Waals surface area contributed by atoms with Crippen LogP contribution in [0.1, 0.15) is 23.4 Å². The number of nitrogens with zero attached hydrogens (tertiary/aromatic N) is 3. The Morgan fingerprint density at radius 2 is 1.33 bits per heavy atom. The number of hydrogen-bond acceptors (Lipinski definition) is 5. The van der Waals surface area contributed by atoms with Crippen molar-refractivity contribution in [3.63, 3.8) is 0 Å². The molecule has 1 aliphatic carbocycles. The first-order valence-corrected chi connectivity index (χ1v) is 12.1. The quantitative estimate of drug-likeness (QED) is 0.316. The van der Waals surface area contributed by atoms with Gasteiger partial charge in [-0.2, -0.15) is 0 Å². The van der Waals surface area contributed by atoms with E-state index in [1.807, 2.05) is 56.6 Å². The number of aryl methyl sites for hydroxylation is 1. The maximum atomic E-state index is 4.93. The Balaban J connectivity index is 1.57.